The molecular weight excluding hydrogens is 1470 g/mol. The summed E-state index contributed by atoms with van der Waals surface area (Å²) in [5.74, 6) is -5.87. The molecule has 38 heteroatoms. The standard InChI is InChI=1S/C66H72N14O18S5.ClH/c1-29(81)45-58(86)76-46(30(2)91-7)61-72-40(28-101-61)57(85)77-49-51-52(98-43-20-66(4,89)53(78(5)6)31(3)97-43)65(88)95-21-32-11-9-12-41-44(32)34(22-94-51)50(80(41)90)64(87)96-23-35(68-55(83)38-27-103-63(49)73-38)60-69-36(24-100-60)47-33(59-70-39(26-99-59)56(84)75-45)19-42(92-8)48(74-47)62-71-37(25-102-62)54(82)67-13-10-14-79-15-17-93-18-16-79;/h9,11-12,19,24-29,31,35,43,45,49,51-53,81,89-90H,10,13-18,20-23H2,1-8H3,(H,67,82)(H,68,83)(H,75,84)(H,76,86)(H,77,85);1H/b46-30+;/t29-,31+,35+,43+,45+,49+,51+,52+,53-,66+;/m1./s1. The minimum Gasteiger partial charge on any atom is -0.499 e. The highest BCUT2D eigenvalue weighted by Crippen LogP contribution is 2.43. The summed E-state index contributed by atoms with van der Waals surface area (Å²) in [6, 6.07) is 1.21. The van der Waals surface area contributed by atoms with Gasteiger partial charge >= 0.3 is 11.9 Å². The Bertz CT molecular complexity index is 4620. The average Bonchev–Trinajstić information content (AvgIpc) is 1.58. The van der Waals surface area contributed by atoms with E-state index in [1.54, 1.807) is 61.8 Å². The number of pyridine rings is 1. The lowest BCUT2D eigenvalue weighted by atomic mass is 9.85. The van der Waals surface area contributed by atoms with Crippen molar-refractivity contribution < 1.29 is 86.9 Å². The van der Waals surface area contributed by atoms with Crippen LogP contribution in [0.4, 0.5) is 0 Å². The summed E-state index contributed by atoms with van der Waals surface area (Å²) in [7, 11) is 6.31. The number of halogens is 1. The van der Waals surface area contributed by atoms with Gasteiger partial charge in [-0.15, -0.1) is 69.1 Å². The van der Waals surface area contributed by atoms with Gasteiger partial charge in [0.05, 0.1) is 63.4 Å². The number of rotatable bonds is 12. The van der Waals surface area contributed by atoms with Crippen molar-refractivity contribution in [2.75, 3.05) is 74.3 Å². The lowest BCUT2D eigenvalue weighted by Gasteiger charge is -2.48. The van der Waals surface area contributed by atoms with Gasteiger partial charge < -0.3 is 84.8 Å². The molecule has 0 unspecified atom stereocenters. The summed E-state index contributed by atoms with van der Waals surface area (Å²) in [6.07, 6.45) is -6.73. The Hall–Kier alpha value is -8.54. The number of esters is 2. The van der Waals surface area contributed by atoms with Crippen LogP contribution in [0.15, 0.2) is 56.9 Å². The fourth-order valence-electron chi connectivity index (χ4n) is 13.0. The van der Waals surface area contributed by atoms with Gasteiger partial charge in [0, 0.05) is 69.5 Å². The minimum absolute atomic E-state index is 0. The number of thiazole rings is 5. The molecule has 8 aromatic rings. The number of aliphatic hydroxyl groups excluding tert-OH is 1. The Morgan fingerprint density at radius 1 is 0.837 bits per heavy atom. The molecular formula is C66H73ClN14O18S5. The first kappa shape index (κ1) is 75.2. The summed E-state index contributed by atoms with van der Waals surface area (Å²) in [5, 5.41) is 57.8. The van der Waals surface area contributed by atoms with E-state index in [9.17, 15) is 29.8 Å². The van der Waals surface area contributed by atoms with Crippen LogP contribution in [-0.4, -0.2) is 224 Å². The Labute approximate surface area is 619 Å². The number of likely N-dealkylation sites (N-methyl/N-ethyl adjacent to an activating group) is 1. The SMILES string of the molecule is CO/C(C)=C1/NC(=O)[C@H]([C@@H](C)O)NC(=O)c2csc(n2)-c2cc(OC)c(-c3nc(C(=O)NCCCN4CCOCC4)cs3)nc2-c2csc(n2)[C@@H]2COC(=O)c3c4c5c(cccc5n3O)COC(=O)[C@@H](O[C@H]3C[C@](C)(O)[C@H](N(C)C)[C@H](C)O3)[C@@H](OC4)[C@H](NC(=O)c3csc1n3)c1nc(cs1)C(=O)N2.Cl. The fraction of sp³-hybridized carbons (Fsp3) is 0.439. The summed E-state index contributed by atoms with van der Waals surface area (Å²) in [5.41, 5.74) is -1.35. The molecule has 12 heterocycles. The number of hydrogen-bond donors (Lipinski definition) is 8. The first-order valence-corrected chi connectivity index (χ1v) is 37.0. The number of carbonyl (C=O) groups is 7. The van der Waals surface area contributed by atoms with E-state index in [-0.39, 0.29) is 123 Å². The summed E-state index contributed by atoms with van der Waals surface area (Å²) in [6.45, 7) is 8.52. The number of nitrogens with one attached hydrogen (secondary N) is 5. The second kappa shape index (κ2) is 31.6. The van der Waals surface area contributed by atoms with Gasteiger partial charge in [-0.05, 0) is 72.5 Å². The highest BCUT2D eigenvalue weighted by molar-refractivity contribution is 7.14. The molecule has 7 aromatic heterocycles. The maximum atomic E-state index is 15.2. The molecule has 5 amide bonds. The molecule has 12 bridgehead atoms. The maximum absolute atomic E-state index is 15.2. The van der Waals surface area contributed by atoms with E-state index in [0.717, 1.165) is 76.3 Å². The predicted octanol–water partition coefficient (Wildman–Crippen LogP) is 5.34. The van der Waals surface area contributed by atoms with Crippen LogP contribution in [-0.2, 0) is 56.0 Å². The maximum Gasteiger partial charge on any atom is 0.358 e. The van der Waals surface area contributed by atoms with Gasteiger partial charge in [0.2, 0.25) is 5.91 Å². The minimum atomic E-state index is -1.90. The number of aromatic nitrogens is 7. The van der Waals surface area contributed by atoms with Gasteiger partial charge in [0.25, 0.3) is 23.6 Å². The smallest absolute Gasteiger partial charge is 0.358 e. The van der Waals surface area contributed by atoms with Crippen LogP contribution in [0.2, 0.25) is 0 Å². The van der Waals surface area contributed by atoms with Gasteiger partial charge in [-0.1, -0.05) is 12.1 Å². The number of nitrogens with zero attached hydrogens (tertiary/aromatic N) is 9. The van der Waals surface area contributed by atoms with Crippen LogP contribution in [0.25, 0.3) is 49.3 Å². The number of methoxy groups -OCH3 is 2. The zero-order valence-electron chi connectivity index (χ0n) is 57.1. The molecule has 8 N–H and O–H groups in total. The molecule has 0 aliphatic carbocycles. The number of aliphatic hydroxyl groups is 2. The third-order valence-corrected chi connectivity index (χ3v) is 22.5. The number of cyclic esters (lactones) is 2. The molecule has 0 saturated carbocycles. The van der Waals surface area contributed by atoms with Crippen molar-refractivity contribution >= 4 is 127 Å². The molecule has 0 radical (unpaired) electrons. The Morgan fingerprint density at radius 3 is 2.25 bits per heavy atom. The fourth-order valence-corrected chi connectivity index (χ4v) is 17.2. The second-order valence-corrected chi connectivity index (χ2v) is 29.6. The summed E-state index contributed by atoms with van der Waals surface area (Å²) < 4.78 is 49.9. The van der Waals surface area contributed by atoms with Crippen molar-refractivity contribution in [3.63, 3.8) is 0 Å². The molecule has 5 aliphatic heterocycles. The average molecular weight is 1550 g/mol. The second-order valence-electron chi connectivity index (χ2n) is 25.3. The van der Waals surface area contributed by atoms with Crippen molar-refractivity contribution in [2.24, 2.45) is 0 Å². The first-order chi connectivity index (χ1) is 49.5. The number of allylic oxidation sites excluding steroid dienone is 1. The van der Waals surface area contributed by atoms with E-state index < -0.39 is 127 Å². The number of fused-ring (bicyclic) bond motifs is 15. The molecule has 13 rings (SSSR count). The summed E-state index contributed by atoms with van der Waals surface area (Å²) in [4.78, 5) is 136. The first-order valence-electron chi connectivity index (χ1n) is 32.6. The monoisotopic (exact) mass is 1540 g/mol. The molecule has 552 valence electrons. The predicted molar refractivity (Wildman–Crippen MR) is 381 cm³/mol. The van der Waals surface area contributed by atoms with Gasteiger partial charge in [-0.3, -0.25) is 28.9 Å². The van der Waals surface area contributed by atoms with Crippen molar-refractivity contribution in [3.05, 3.63) is 112 Å². The number of ether oxygens (including phenoxy) is 8. The quantitative estimate of drug-likeness (QED) is 0.0331. The largest absolute Gasteiger partial charge is 0.499 e. The van der Waals surface area contributed by atoms with Crippen LogP contribution in [0, 0.1) is 0 Å². The van der Waals surface area contributed by atoms with Gasteiger partial charge in [-0.25, -0.2) is 39.5 Å². The number of hydrogen-bond acceptors (Lipinski definition) is 31. The topological polar surface area (TPSA) is 403 Å². The number of benzene rings is 1. The van der Waals surface area contributed by atoms with E-state index >= 15 is 19.2 Å². The highest BCUT2D eigenvalue weighted by atomic mass is 35.5. The molecule has 1 aromatic carbocycles. The van der Waals surface area contributed by atoms with Crippen LogP contribution in [0.3, 0.4) is 0 Å². The van der Waals surface area contributed by atoms with E-state index in [0.29, 0.717) is 36.5 Å². The van der Waals surface area contributed by atoms with E-state index in [1.165, 1.54) is 50.3 Å². The summed E-state index contributed by atoms with van der Waals surface area (Å²) >= 11 is 4.96. The van der Waals surface area contributed by atoms with Gasteiger partial charge in [-0.2, -0.15) is 4.73 Å². The van der Waals surface area contributed by atoms with Crippen LogP contribution in [0.1, 0.15) is 131 Å². The molecule has 104 heavy (non-hydrogen) atoms. The zero-order valence-corrected chi connectivity index (χ0v) is 62.0. The Kier molecular flexibility index (Phi) is 22.9. The zero-order chi connectivity index (χ0) is 72.7. The van der Waals surface area contributed by atoms with Gasteiger partial charge in [0.1, 0.15) is 120 Å². The number of amides is 5. The highest BCUT2D eigenvalue weighted by Gasteiger charge is 2.50. The molecule has 2 saturated heterocycles. The van der Waals surface area contributed by atoms with E-state index in [2.05, 4.69) is 36.5 Å². The van der Waals surface area contributed by atoms with E-state index in [1.807, 2.05) is 0 Å². The lowest BCUT2D eigenvalue weighted by molar-refractivity contribution is -0.280. The molecule has 10 atom stereocenters. The molecule has 32 nitrogen and oxygen atoms in total. The van der Waals surface area contributed by atoms with Crippen molar-refractivity contribution in [1.29, 1.82) is 0 Å². The van der Waals surface area contributed by atoms with Crippen LogP contribution >= 0.6 is 69.1 Å². The van der Waals surface area contributed by atoms with E-state index in [4.69, 9.17) is 62.8 Å². The number of carbonyl (C=O) groups excluding carboxylic acids is 7. The van der Waals surface area contributed by atoms with Crippen molar-refractivity contribution in [3.8, 4) is 38.4 Å². The lowest BCUT2D eigenvalue weighted by Crippen LogP contribution is -2.62. The van der Waals surface area contributed by atoms with Crippen LogP contribution < -0.4 is 31.3 Å². The molecule has 5 aliphatic rings. The van der Waals surface area contributed by atoms with Crippen molar-refractivity contribution in [1.82, 2.24) is 71.0 Å². The van der Waals surface area contributed by atoms with Crippen LogP contribution in [0.5, 0.6) is 5.75 Å². The van der Waals surface area contributed by atoms with Gasteiger partial charge in [0.15, 0.2) is 18.1 Å². The Morgan fingerprint density at radius 2 is 1.52 bits per heavy atom. The molecule has 2 fully saturated rings. The normalized spacial score (nSPS) is 24.3. The Balaban J connectivity index is 0.0000102. The van der Waals surface area contributed by atoms with Crippen molar-refractivity contribution in [2.45, 2.75) is 114 Å². The number of morpholine rings is 1. The molecule has 0 spiro atoms. The third kappa shape index (κ3) is 15.4. The third-order valence-electron chi connectivity index (χ3n) is 18.0.